The number of aromatic hydroxyl groups is 1. The summed E-state index contributed by atoms with van der Waals surface area (Å²) in [4.78, 5) is 20.7. The van der Waals surface area contributed by atoms with Crippen molar-refractivity contribution < 1.29 is 14.2 Å². The molecule has 0 radical (unpaired) electrons. The SMILES string of the molecule is CC(CF)NCC(Cc1nc[nH]c(=O)c1O)c1ccc(C#Cc2ccc(CCN3CCOCC3)cc2)cc1. The maximum atomic E-state index is 13.0. The molecule has 3 N–H and O–H groups in total. The zero-order valence-electron chi connectivity index (χ0n) is 21.8. The zero-order chi connectivity index (χ0) is 26.7. The fourth-order valence-electron chi connectivity index (χ4n) is 4.37. The minimum absolute atomic E-state index is 0.115. The number of nitrogens with zero attached hydrogens (tertiary/aromatic N) is 2. The van der Waals surface area contributed by atoms with Gasteiger partial charge in [-0.05, 0) is 48.7 Å². The first-order valence-electron chi connectivity index (χ1n) is 13.1. The average molecular weight is 519 g/mol. The van der Waals surface area contributed by atoms with Gasteiger partial charge in [-0.25, -0.2) is 9.37 Å². The number of nitrogens with one attached hydrogen (secondary N) is 2. The molecule has 7 nitrogen and oxygen atoms in total. The Morgan fingerprint density at radius 2 is 1.76 bits per heavy atom. The van der Waals surface area contributed by atoms with Crippen LogP contribution in [0.5, 0.6) is 5.75 Å². The Hall–Kier alpha value is -3.51. The second-order valence-electron chi connectivity index (χ2n) is 9.66. The molecule has 0 saturated carbocycles. The van der Waals surface area contributed by atoms with Crippen LogP contribution in [0.2, 0.25) is 0 Å². The Kier molecular flexibility index (Phi) is 10.0. The molecule has 200 valence electrons. The minimum Gasteiger partial charge on any atom is -0.502 e. The Bertz CT molecular complexity index is 1280. The molecular formula is C30H35FN4O3. The standard InChI is InChI=1S/C30H35FN4O3/c1-22(19-31)32-20-27(18-28-29(36)30(37)34-21-33-28)26-10-8-24(9-11-26)3-2-23-4-6-25(7-5-23)12-13-35-14-16-38-17-15-35/h4-11,21-22,27,32,36H,12-20H2,1H3,(H,33,34,37). The summed E-state index contributed by atoms with van der Waals surface area (Å²) in [5, 5.41) is 13.3. The van der Waals surface area contributed by atoms with Gasteiger partial charge >= 0.3 is 0 Å². The maximum absolute atomic E-state index is 13.0. The molecule has 38 heavy (non-hydrogen) atoms. The van der Waals surface area contributed by atoms with Gasteiger partial charge < -0.3 is 20.1 Å². The third-order valence-electron chi connectivity index (χ3n) is 6.80. The largest absolute Gasteiger partial charge is 0.502 e. The molecule has 0 aliphatic carbocycles. The molecule has 2 aromatic carbocycles. The van der Waals surface area contributed by atoms with E-state index in [2.05, 4.69) is 56.3 Å². The fourth-order valence-corrected chi connectivity index (χ4v) is 4.37. The number of aromatic amines is 1. The molecule has 2 atom stereocenters. The summed E-state index contributed by atoms with van der Waals surface area (Å²) < 4.78 is 18.4. The highest BCUT2D eigenvalue weighted by Gasteiger charge is 2.18. The van der Waals surface area contributed by atoms with Crippen molar-refractivity contribution in [1.82, 2.24) is 20.2 Å². The van der Waals surface area contributed by atoms with E-state index in [-0.39, 0.29) is 17.7 Å². The third kappa shape index (κ3) is 7.99. The highest BCUT2D eigenvalue weighted by atomic mass is 19.1. The number of ether oxygens (including phenoxy) is 1. The lowest BCUT2D eigenvalue weighted by Gasteiger charge is -2.26. The second-order valence-corrected chi connectivity index (χ2v) is 9.66. The Morgan fingerprint density at radius 1 is 1.11 bits per heavy atom. The molecule has 1 saturated heterocycles. The number of benzene rings is 2. The van der Waals surface area contributed by atoms with Crippen molar-refractivity contribution in [3.05, 3.63) is 93.2 Å². The quantitative estimate of drug-likeness (QED) is 0.358. The van der Waals surface area contributed by atoms with Crippen LogP contribution in [0, 0.1) is 11.8 Å². The minimum atomic E-state index is -0.574. The lowest BCUT2D eigenvalue weighted by atomic mass is 9.92. The van der Waals surface area contributed by atoms with E-state index in [1.807, 2.05) is 24.3 Å². The van der Waals surface area contributed by atoms with Crippen LogP contribution in [-0.2, 0) is 17.6 Å². The molecule has 1 aliphatic heterocycles. The van der Waals surface area contributed by atoms with E-state index in [9.17, 15) is 14.3 Å². The van der Waals surface area contributed by atoms with E-state index in [1.165, 1.54) is 11.9 Å². The van der Waals surface area contributed by atoms with Crippen molar-refractivity contribution in [2.75, 3.05) is 46.1 Å². The Balaban J connectivity index is 1.40. The van der Waals surface area contributed by atoms with Crippen LogP contribution < -0.4 is 10.9 Å². The van der Waals surface area contributed by atoms with Gasteiger partial charge in [0.15, 0.2) is 0 Å². The highest BCUT2D eigenvalue weighted by Crippen LogP contribution is 2.23. The van der Waals surface area contributed by atoms with E-state index in [0.29, 0.717) is 18.7 Å². The van der Waals surface area contributed by atoms with Crippen molar-refractivity contribution in [2.45, 2.75) is 31.7 Å². The second kappa shape index (κ2) is 13.9. The molecule has 8 heteroatoms. The molecule has 1 aromatic heterocycles. The summed E-state index contributed by atoms with van der Waals surface area (Å²) in [5.74, 6) is 5.95. The molecule has 0 bridgehead atoms. The van der Waals surface area contributed by atoms with Crippen LogP contribution in [0.15, 0.2) is 59.7 Å². The van der Waals surface area contributed by atoms with Crippen molar-refractivity contribution in [1.29, 1.82) is 0 Å². The number of morpholine rings is 1. The van der Waals surface area contributed by atoms with Crippen LogP contribution >= 0.6 is 0 Å². The van der Waals surface area contributed by atoms with Crippen LogP contribution in [0.3, 0.4) is 0 Å². The molecule has 1 fully saturated rings. The number of H-pyrrole nitrogens is 1. The lowest BCUT2D eigenvalue weighted by Crippen LogP contribution is -2.37. The van der Waals surface area contributed by atoms with Gasteiger partial charge in [-0.15, -0.1) is 0 Å². The van der Waals surface area contributed by atoms with Crippen LogP contribution in [-0.4, -0.2) is 72.1 Å². The van der Waals surface area contributed by atoms with Crippen molar-refractivity contribution >= 4 is 0 Å². The molecule has 0 amide bonds. The van der Waals surface area contributed by atoms with Gasteiger partial charge in [0.2, 0.25) is 5.75 Å². The van der Waals surface area contributed by atoms with Gasteiger partial charge in [0.25, 0.3) is 5.56 Å². The average Bonchev–Trinajstić information content (AvgIpc) is 2.96. The summed E-state index contributed by atoms with van der Waals surface area (Å²) in [5.41, 5.74) is 3.86. The topological polar surface area (TPSA) is 90.5 Å². The monoisotopic (exact) mass is 518 g/mol. The van der Waals surface area contributed by atoms with Gasteiger partial charge in [-0.3, -0.25) is 9.69 Å². The third-order valence-corrected chi connectivity index (χ3v) is 6.80. The molecule has 2 unspecified atom stereocenters. The summed E-state index contributed by atoms with van der Waals surface area (Å²) >= 11 is 0. The van der Waals surface area contributed by atoms with Crippen molar-refractivity contribution in [3.8, 4) is 17.6 Å². The van der Waals surface area contributed by atoms with Gasteiger partial charge in [-0.1, -0.05) is 36.1 Å². The molecule has 3 aromatic rings. The van der Waals surface area contributed by atoms with E-state index >= 15 is 0 Å². The number of hydrogen-bond donors (Lipinski definition) is 3. The Labute approximate surface area is 223 Å². The van der Waals surface area contributed by atoms with Crippen LogP contribution in [0.1, 0.15) is 40.8 Å². The summed E-state index contributed by atoms with van der Waals surface area (Å²) in [7, 11) is 0. The molecule has 0 spiro atoms. The number of alkyl halides is 1. The molecule has 4 rings (SSSR count). The summed E-state index contributed by atoms with van der Waals surface area (Å²) in [6.07, 6.45) is 2.63. The van der Waals surface area contributed by atoms with Gasteiger partial charge in [-0.2, -0.15) is 0 Å². The van der Waals surface area contributed by atoms with E-state index in [1.54, 1.807) is 6.92 Å². The number of hydrogen-bond acceptors (Lipinski definition) is 6. The summed E-state index contributed by atoms with van der Waals surface area (Å²) in [6.45, 7) is 6.45. The number of aromatic nitrogens is 2. The van der Waals surface area contributed by atoms with Gasteiger partial charge in [0, 0.05) is 55.7 Å². The normalized spacial score (nSPS) is 15.4. The van der Waals surface area contributed by atoms with Crippen LogP contribution in [0.25, 0.3) is 0 Å². The predicted octanol–water partition coefficient (Wildman–Crippen LogP) is 3.02. The maximum Gasteiger partial charge on any atom is 0.293 e. The van der Waals surface area contributed by atoms with Crippen molar-refractivity contribution in [3.63, 3.8) is 0 Å². The molecular weight excluding hydrogens is 483 g/mol. The first-order valence-corrected chi connectivity index (χ1v) is 13.1. The number of halogens is 1. The Morgan fingerprint density at radius 3 is 2.42 bits per heavy atom. The van der Waals surface area contributed by atoms with Crippen LogP contribution in [0.4, 0.5) is 4.39 Å². The summed E-state index contributed by atoms with van der Waals surface area (Å²) in [6, 6.07) is 16.0. The first-order chi connectivity index (χ1) is 18.5. The molecule has 2 heterocycles. The first kappa shape index (κ1) is 27.5. The van der Waals surface area contributed by atoms with Crippen molar-refractivity contribution in [2.24, 2.45) is 0 Å². The lowest BCUT2D eigenvalue weighted by molar-refractivity contribution is 0.0384. The van der Waals surface area contributed by atoms with Gasteiger partial charge in [0.05, 0.1) is 25.2 Å². The van der Waals surface area contributed by atoms with E-state index in [0.717, 1.165) is 56.0 Å². The fraction of sp³-hybridized carbons (Fsp3) is 0.400. The van der Waals surface area contributed by atoms with E-state index < -0.39 is 12.2 Å². The van der Waals surface area contributed by atoms with E-state index in [4.69, 9.17) is 4.74 Å². The smallest absolute Gasteiger partial charge is 0.293 e. The number of rotatable bonds is 10. The highest BCUT2D eigenvalue weighted by molar-refractivity contribution is 5.44. The molecule has 1 aliphatic rings. The predicted molar refractivity (Wildman–Crippen MR) is 146 cm³/mol. The zero-order valence-corrected chi connectivity index (χ0v) is 21.8. The van der Waals surface area contributed by atoms with Gasteiger partial charge in [0.1, 0.15) is 6.67 Å².